The van der Waals surface area contributed by atoms with E-state index in [1.807, 2.05) is 12.2 Å². The van der Waals surface area contributed by atoms with E-state index in [9.17, 15) is 18.0 Å². The van der Waals surface area contributed by atoms with E-state index < -0.39 is 18.1 Å². The van der Waals surface area contributed by atoms with Crippen molar-refractivity contribution in [3.8, 4) is 5.69 Å². The molecule has 0 unspecified atom stereocenters. The van der Waals surface area contributed by atoms with Gasteiger partial charge in [0, 0.05) is 12.4 Å². The van der Waals surface area contributed by atoms with Gasteiger partial charge in [-0.2, -0.15) is 18.3 Å². The lowest BCUT2D eigenvalue weighted by Crippen LogP contribution is -2.38. The van der Waals surface area contributed by atoms with Gasteiger partial charge >= 0.3 is 12.1 Å². The van der Waals surface area contributed by atoms with Gasteiger partial charge in [0.15, 0.2) is 0 Å². The van der Waals surface area contributed by atoms with Gasteiger partial charge in [0.1, 0.15) is 0 Å². The van der Waals surface area contributed by atoms with E-state index in [0.717, 1.165) is 11.3 Å². The van der Waals surface area contributed by atoms with Crippen LogP contribution in [0.5, 0.6) is 0 Å². The third-order valence-electron chi connectivity index (χ3n) is 3.08. The molecule has 0 radical (unpaired) electrons. The topological polar surface area (TPSA) is 46.9 Å². The minimum absolute atomic E-state index is 0.598. The molecular formula is C14H14F3N3O. The summed E-state index contributed by atoms with van der Waals surface area (Å²) in [5.74, 6) is -1.94. The minimum Gasteiger partial charge on any atom is -0.342 e. The van der Waals surface area contributed by atoms with Crippen LogP contribution in [0.1, 0.15) is 24.1 Å². The van der Waals surface area contributed by atoms with Gasteiger partial charge in [-0.3, -0.25) is 4.79 Å². The van der Waals surface area contributed by atoms with Crippen LogP contribution in [-0.2, 0) is 4.79 Å². The first-order chi connectivity index (χ1) is 9.79. The second-order valence-electron chi connectivity index (χ2n) is 4.69. The molecule has 112 valence electrons. The van der Waals surface area contributed by atoms with E-state index >= 15 is 0 Å². The molecule has 0 bridgehead atoms. The fourth-order valence-corrected chi connectivity index (χ4v) is 1.98. The Kier molecular flexibility index (Phi) is 4.02. The van der Waals surface area contributed by atoms with Crippen molar-refractivity contribution in [3.05, 3.63) is 47.8 Å². The third kappa shape index (κ3) is 3.42. The zero-order valence-electron chi connectivity index (χ0n) is 11.5. The number of aromatic nitrogens is 2. The predicted octanol–water partition coefficient (Wildman–Crippen LogP) is 2.92. The minimum atomic E-state index is -4.88. The molecule has 0 saturated heterocycles. The van der Waals surface area contributed by atoms with Gasteiger partial charge in [-0.15, -0.1) is 0 Å². The number of alkyl halides is 3. The van der Waals surface area contributed by atoms with Crippen LogP contribution in [0.3, 0.4) is 0 Å². The van der Waals surface area contributed by atoms with Crippen LogP contribution in [0.4, 0.5) is 13.2 Å². The fraction of sp³-hybridized carbons (Fsp3) is 0.286. The second-order valence-corrected chi connectivity index (χ2v) is 4.69. The van der Waals surface area contributed by atoms with Crippen LogP contribution >= 0.6 is 0 Å². The van der Waals surface area contributed by atoms with Gasteiger partial charge in [-0.1, -0.05) is 12.1 Å². The fourth-order valence-electron chi connectivity index (χ4n) is 1.98. The lowest BCUT2D eigenvalue weighted by atomic mass is 10.0. The molecule has 4 nitrogen and oxygen atoms in total. The monoisotopic (exact) mass is 297 g/mol. The number of hydrogen-bond donors (Lipinski definition) is 1. The van der Waals surface area contributed by atoms with Crippen LogP contribution in [0.25, 0.3) is 5.69 Å². The molecule has 1 aromatic heterocycles. The summed E-state index contributed by atoms with van der Waals surface area (Å²) in [6.07, 6.45) is -1.46. The SMILES string of the molecule is Cc1cc([C@@H](C)NC(=O)C(F)(F)F)ccc1-n1cccn1. The summed E-state index contributed by atoms with van der Waals surface area (Å²) >= 11 is 0. The zero-order valence-corrected chi connectivity index (χ0v) is 11.5. The molecular weight excluding hydrogens is 283 g/mol. The third-order valence-corrected chi connectivity index (χ3v) is 3.08. The van der Waals surface area contributed by atoms with E-state index in [0.29, 0.717) is 5.56 Å². The maximum atomic E-state index is 12.2. The molecule has 1 N–H and O–H groups in total. The lowest BCUT2D eigenvalue weighted by molar-refractivity contribution is -0.174. The molecule has 2 rings (SSSR count). The number of nitrogens with zero attached hydrogens (tertiary/aromatic N) is 2. The standard InChI is InChI=1S/C14H14F3N3O/c1-9-8-11(10(2)19-13(21)14(15,16)17)4-5-12(9)20-7-3-6-18-20/h3-8,10H,1-2H3,(H,19,21)/t10-/m1/s1. The average Bonchev–Trinajstić information content (AvgIpc) is 2.91. The van der Waals surface area contributed by atoms with Crippen molar-refractivity contribution >= 4 is 5.91 Å². The van der Waals surface area contributed by atoms with E-state index in [1.54, 1.807) is 41.3 Å². The van der Waals surface area contributed by atoms with Crippen LogP contribution in [0.2, 0.25) is 0 Å². The Morgan fingerprint density at radius 3 is 2.62 bits per heavy atom. The van der Waals surface area contributed by atoms with E-state index in [1.165, 1.54) is 6.92 Å². The van der Waals surface area contributed by atoms with Gasteiger partial charge in [-0.25, -0.2) is 4.68 Å². The number of rotatable bonds is 3. The highest BCUT2D eigenvalue weighted by Crippen LogP contribution is 2.22. The van der Waals surface area contributed by atoms with E-state index in [4.69, 9.17) is 0 Å². The predicted molar refractivity (Wildman–Crippen MR) is 70.9 cm³/mol. The Balaban J connectivity index is 2.18. The molecule has 0 aliphatic heterocycles. The molecule has 0 aliphatic carbocycles. The van der Waals surface area contributed by atoms with Crippen molar-refractivity contribution in [2.45, 2.75) is 26.1 Å². The molecule has 1 heterocycles. The molecule has 0 aliphatic rings. The Bertz CT molecular complexity index is 635. The summed E-state index contributed by atoms with van der Waals surface area (Å²) in [5, 5.41) is 6.03. The largest absolute Gasteiger partial charge is 0.471 e. The summed E-state index contributed by atoms with van der Waals surface area (Å²) < 4.78 is 38.4. The number of benzene rings is 1. The first-order valence-corrected chi connectivity index (χ1v) is 6.27. The van der Waals surface area contributed by atoms with Crippen LogP contribution in [0, 0.1) is 6.92 Å². The highest BCUT2D eigenvalue weighted by molar-refractivity contribution is 5.82. The normalized spacial score (nSPS) is 13.0. The lowest BCUT2D eigenvalue weighted by Gasteiger charge is -2.17. The van der Waals surface area contributed by atoms with Gasteiger partial charge in [0.2, 0.25) is 0 Å². The van der Waals surface area contributed by atoms with E-state index in [-0.39, 0.29) is 0 Å². The molecule has 21 heavy (non-hydrogen) atoms. The van der Waals surface area contributed by atoms with Gasteiger partial charge < -0.3 is 5.32 Å². The number of halogens is 3. The van der Waals surface area contributed by atoms with Crippen molar-refractivity contribution in [3.63, 3.8) is 0 Å². The van der Waals surface area contributed by atoms with Crippen molar-refractivity contribution < 1.29 is 18.0 Å². The number of aryl methyl sites for hydroxylation is 1. The number of nitrogens with one attached hydrogen (secondary N) is 1. The summed E-state index contributed by atoms with van der Waals surface area (Å²) in [6.45, 7) is 3.34. The van der Waals surface area contributed by atoms with Crippen molar-refractivity contribution in [2.75, 3.05) is 0 Å². The molecule has 1 aromatic carbocycles. The summed E-state index contributed by atoms with van der Waals surface area (Å²) in [5.41, 5.74) is 2.28. The second kappa shape index (κ2) is 5.59. The highest BCUT2D eigenvalue weighted by atomic mass is 19.4. The molecule has 1 amide bonds. The smallest absolute Gasteiger partial charge is 0.342 e. The Morgan fingerprint density at radius 2 is 2.10 bits per heavy atom. The van der Waals surface area contributed by atoms with Crippen molar-refractivity contribution in [2.24, 2.45) is 0 Å². The first-order valence-electron chi connectivity index (χ1n) is 6.27. The maximum Gasteiger partial charge on any atom is 0.471 e. The Morgan fingerprint density at radius 1 is 1.38 bits per heavy atom. The van der Waals surface area contributed by atoms with Crippen molar-refractivity contribution in [1.82, 2.24) is 15.1 Å². The van der Waals surface area contributed by atoms with Crippen LogP contribution in [-0.4, -0.2) is 21.9 Å². The van der Waals surface area contributed by atoms with Gasteiger partial charge in [-0.05, 0) is 37.1 Å². The summed E-state index contributed by atoms with van der Waals surface area (Å²) in [6, 6.07) is 6.21. The number of amides is 1. The van der Waals surface area contributed by atoms with Gasteiger partial charge in [0.25, 0.3) is 0 Å². The molecule has 1 atom stereocenters. The highest BCUT2D eigenvalue weighted by Gasteiger charge is 2.39. The van der Waals surface area contributed by atoms with Gasteiger partial charge in [0.05, 0.1) is 11.7 Å². The first kappa shape index (κ1) is 15.1. The summed E-state index contributed by atoms with van der Waals surface area (Å²) in [7, 11) is 0. The molecule has 2 aromatic rings. The van der Waals surface area contributed by atoms with E-state index in [2.05, 4.69) is 5.10 Å². The van der Waals surface area contributed by atoms with Crippen molar-refractivity contribution in [1.29, 1.82) is 0 Å². The quantitative estimate of drug-likeness (QED) is 0.947. The van der Waals surface area contributed by atoms with Crippen LogP contribution < -0.4 is 5.32 Å². The molecule has 0 saturated carbocycles. The number of carbonyl (C=O) groups excluding carboxylic acids is 1. The van der Waals surface area contributed by atoms with Crippen LogP contribution in [0.15, 0.2) is 36.7 Å². The number of hydrogen-bond acceptors (Lipinski definition) is 2. The average molecular weight is 297 g/mol. The Hall–Kier alpha value is -2.31. The Labute approximate surface area is 119 Å². The molecule has 7 heteroatoms. The maximum absolute atomic E-state index is 12.2. The molecule has 0 fully saturated rings. The summed E-state index contributed by atoms with van der Waals surface area (Å²) in [4.78, 5) is 10.9. The number of carbonyl (C=O) groups is 1. The molecule has 0 spiro atoms. The zero-order chi connectivity index (χ0) is 15.6.